The highest BCUT2D eigenvalue weighted by molar-refractivity contribution is 5.47. The third-order valence-electron chi connectivity index (χ3n) is 2.83. The van der Waals surface area contributed by atoms with Gasteiger partial charge >= 0.3 is 0 Å². The predicted octanol–water partition coefficient (Wildman–Crippen LogP) is 4.29. The van der Waals surface area contributed by atoms with Crippen molar-refractivity contribution in [2.24, 2.45) is 0 Å². The molecule has 2 aromatic rings. The van der Waals surface area contributed by atoms with Crippen LogP contribution in [-0.2, 0) is 6.42 Å². The van der Waals surface area contributed by atoms with Crippen LogP contribution in [0.15, 0.2) is 36.4 Å². The smallest absolute Gasteiger partial charge is 0.152 e. The van der Waals surface area contributed by atoms with Gasteiger partial charge in [-0.25, -0.2) is 17.6 Å². The molecular formula is C15H13F4N. The minimum Gasteiger partial charge on any atom is -0.378 e. The third-order valence-corrected chi connectivity index (χ3v) is 2.83. The molecular weight excluding hydrogens is 270 g/mol. The molecule has 0 saturated heterocycles. The van der Waals surface area contributed by atoms with Crippen molar-refractivity contribution in [2.75, 3.05) is 5.32 Å². The summed E-state index contributed by atoms with van der Waals surface area (Å²) in [5, 5.41) is 2.63. The fourth-order valence-electron chi connectivity index (χ4n) is 2.00. The van der Waals surface area contributed by atoms with Gasteiger partial charge in [-0.15, -0.1) is 0 Å². The second kappa shape index (κ2) is 5.94. The van der Waals surface area contributed by atoms with Crippen molar-refractivity contribution < 1.29 is 17.6 Å². The summed E-state index contributed by atoms with van der Waals surface area (Å²) in [6.07, 6.45) is 0.383. The number of benzene rings is 2. The molecule has 0 heterocycles. The van der Waals surface area contributed by atoms with Gasteiger partial charge in [0.2, 0.25) is 0 Å². The molecule has 0 saturated carbocycles. The fraction of sp³-hybridized carbons (Fsp3) is 0.200. The van der Waals surface area contributed by atoms with E-state index in [1.165, 1.54) is 12.1 Å². The molecule has 0 aliphatic heterocycles. The predicted molar refractivity (Wildman–Crippen MR) is 69.5 cm³/mol. The highest BCUT2D eigenvalue weighted by Gasteiger charge is 2.14. The van der Waals surface area contributed by atoms with E-state index in [0.717, 1.165) is 0 Å². The molecule has 5 heteroatoms. The van der Waals surface area contributed by atoms with E-state index in [9.17, 15) is 17.6 Å². The molecule has 0 bridgehead atoms. The van der Waals surface area contributed by atoms with E-state index < -0.39 is 17.5 Å². The molecule has 1 unspecified atom stereocenters. The molecule has 0 radical (unpaired) electrons. The molecule has 2 aromatic carbocycles. The summed E-state index contributed by atoms with van der Waals surface area (Å²) in [5.74, 6) is -3.32. The summed E-state index contributed by atoms with van der Waals surface area (Å²) in [4.78, 5) is 0. The Balaban J connectivity index is 2.10. The van der Waals surface area contributed by atoms with Crippen LogP contribution in [0.25, 0.3) is 0 Å². The standard InChI is InChI=1S/C15H13F4N/c1-9(5-10-3-2-4-11(16)6-10)20-15-13(18)7-12(17)8-14(15)19/h2-4,6-9,20H,5H2,1H3. The van der Waals surface area contributed by atoms with E-state index in [-0.39, 0.29) is 17.5 Å². The molecule has 106 valence electrons. The Morgan fingerprint density at radius 1 is 0.950 bits per heavy atom. The molecule has 1 N–H and O–H groups in total. The fourth-order valence-corrected chi connectivity index (χ4v) is 2.00. The van der Waals surface area contributed by atoms with Gasteiger partial charge in [-0.2, -0.15) is 0 Å². The SMILES string of the molecule is CC(Cc1cccc(F)c1)Nc1c(F)cc(F)cc1F. The average Bonchev–Trinajstić information content (AvgIpc) is 2.33. The molecule has 1 nitrogen and oxygen atoms in total. The van der Waals surface area contributed by atoms with Crippen molar-refractivity contribution in [3.63, 3.8) is 0 Å². The van der Waals surface area contributed by atoms with Crippen LogP contribution in [0.4, 0.5) is 23.2 Å². The Morgan fingerprint density at radius 3 is 2.20 bits per heavy atom. The van der Waals surface area contributed by atoms with Gasteiger partial charge in [0.05, 0.1) is 0 Å². The quantitative estimate of drug-likeness (QED) is 0.826. The molecule has 2 rings (SSSR count). The molecule has 0 aliphatic carbocycles. The summed E-state index contributed by atoms with van der Waals surface area (Å²) in [7, 11) is 0. The first-order valence-corrected chi connectivity index (χ1v) is 6.11. The van der Waals surface area contributed by atoms with Gasteiger partial charge in [0.1, 0.15) is 17.3 Å². The Morgan fingerprint density at radius 2 is 1.60 bits per heavy atom. The molecule has 0 fully saturated rings. The van der Waals surface area contributed by atoms with Crippen molar-refractivity contribution >= 4 is 5.69 Å². The van der Waals surface area contributed by atoms with Crippen LogP contribution < -0.4 is 5.32 Å². The van der Waals surface area contributed by atoms with E-state index in [1.54, 1.807) is 19.1 Å². The Labute approximate surface area is 114 Å². The number of anilines is 1. The zero-order valence-electron chi connectivity index (χ0n) is 10.8. The van der Waals surface area contributed by atoms with Crippen LogP contribution in [-0.4, -0.2) is 6.04 Å². The number of hydrogen-bond donors (Lipinski definition) is 1. The van der Waals surface area contributed by atoms with Gasteiger partial charge in [0.25, 0.3) is 0 Å². The van der Waals surface area contributed by atoms with E-state index in [4.69, 9.17) is 0 Å². The van der Waals surface area contributed by atoms with Gasteiger partial charge in [0.15, 0.2) is 11.6 Å². The summed E-state index contributed by atoms with van der Waals surface area (Å²) >= 11 is 0. The number of nitrogens with one attached hydrogen (secondary N) is 1. The van der Waals surface area contributed by atoms with E-state index in [0.29, 0.717) is 24.1 Å². The maximum absolute atomic E-state index is 13.5. The normalized spacial score (nSPS) is 12.2. The van der Waals surface area contributed by atoms with Crippen LogP contribution in [0.3, 0.4) is 0 Å². The van der Waals surface area contributed by atoms with Crippen molar-refractivity contribution in [1.29, 1.82) is 0 Å². The molecule has 0 spiro atoms. The molecule has 0 aliphatic rings. The van der Waals surface area contributed by atoms with E-state index >= 15 is 0 Å². The maximum Gasteiger partial charge on any atom is 0.152 e. The second-order valence-corrected chi connectivity index (χ2v) is 4.62. The number of rotatable bonds is 4. The van der Waals surface area contributed by atoms with Gasteiger partial charge < -0.3 is 5.32 Å². The highest BCUT2D eigenvalue weighted by atomic mass is 19.1. The summed E-state index contributed by atoms with van der Waals surface area (Å²) in [6.45, 7) is 1.70. The minimum atomic E-state index is -0.992. The first kappa shape index (κ1) is 14.4. The van der Waals surface area contributed by atoms with Crippen molar-refractivity contribution in [2.45, 2.75) is 19.4 Å². The van der Waals surface area contributed by atoms with Gasteiger partial charge in [-0.1, -0.05) is 12.1 Å². The van der Waals surface area contributed by atoms with Crippen LogP contribution in [0, 0.1) is 23.3 Å². The maximum atomic E-state index is 13.5. The lowest BCUT2D eigenvalue weighted by molar-refractivity contribution is 0.544. The zero-order valence-corrected chi connectivity index (χ0v) is 10.8. The molecule has 0 amide bonds. The monoisotopic (exact) mass is 283 g/mol. The van der Waals surface area contributed by atoms with E-state index in [2.05, 4.69) is 5.32 Å². The van der Waals surface area contributed by atoms with Gasteiger partial charge in [-0.3, -0.25) is 0 Å². The largest absolute Gasteiger partial charge is 0.378 e. The Kier molecular flexibility index (Phi) is 4.27. The third kappa shape index (κ3) is 3.50. The Bertz CT molecular complexity index is 590. The Hall–Kier alpha value is -2.04. The van der Waals surface area contributed by atoms with Crippen LogP contribution in [0.2, 0.25) is 0 Å². The summed E-state index contributed by atoms with van der Waals surface area (Å²) in [6, 6.07) is 6.85. The lowest BCUT2D eigenvalue weighted by atomic mass is 10.1. The molecule has 0 aromatic heterocycles. The molecule has 1 atom stereocenters. The average molecular weight is 283 g/mol. The topological polar surface area (TPSA) is 12.0 Å². The van der Waals surface area contributed by atoms with E-state index in [1.807, 2.05) is 0 Å². The second-order valence-electron chi connectivity index (χ2n) is 4.62. The van der Waals surface area contributed by atoms with Crippen LogP contribution in [0.5, 0.6) is 0 Å². The summed E-state index contributed by atoms with van der Waals surface area (Å²) < 4.78 is 52.8. The first-order valence-electron chi connectivity index (χ1n) is 6.11. The van der Waals surface area contributed by atoms with Crippen LogP contribution >= 0.6 is 0 Å². The van der Waals surface area contributed by atoms with Crippen molar-refractivity contribution in [3.05, 3.63) is 65.2 Å². The highest BCUT2D eigenvalue weighted by Crippen LogP contribution is 2.21. The van der Waals surface area contributed by atoms with Gasteiger partial charge in [0, 0.05) is 18.2 Å². The minimum absolute atomic E-state index is 0.341. The number of halogens is 4. The van der Waals surface area contributed by atoms with Crippen molar-refractivity contribution in [3.8, 4) is 0 Å². The van der Waals surface area contributed by atoms with Crippen LogP contribution in [0.1, 0.15) is 12.5 Å². The first-order chi connectivity index (χ1) is 9.45. The van der Waals surface area contributed by atoms with Crippen molar-refractivity contribution in [1.82, 2.24) is 0 Å². The lowest BCUT2D eigenvalue weighted by Crippen LogP contribution is -2.20. The van der Waals surface area contributed by atoms with Gasteiger partial charge in [-0.05, 0) is 31.0 Å². The molecule has 20 heavy (non-hydrogen) atoms. The zero-order chi connectivity index (χ0) is 14.7. The number of hydrogen-bond acceptors (Lipinski definition) is 1. The summed E-state index contributed by atoms with van der Waals surface area (Å²) in [5.41, 5.74) is 0.322. The lowest BCUT2D eigenvalue weighted by Gasteiger charge is -2.16.